The van der Waals surface area contributed by atoms with Crippen LogP contribution in [0.3, 0.4) is 0 Å². The number of benzene rings is 3. The standard InChI is InChI=1S/C30H29FN6O/c1-33-25-14-26-22(13-21(25)29-20-4-3-5-24(32)19(20)7-8-23(29)31)30(35-34-26)17-6-9-27-28(12-17)38-16-18-15-36(2)10-11-37(18)27/h6-9,12-14,18,24H,3-5,10-11,15-16,32H2,2H3,(H,34,35). The molecule has 1 fully saturated rings. The molecule has 3 aromatic carbocycles. The van der Waals surface area contributed by atoms with Gasteiger partial charge >= 0.3 is 0 Å². The van der Waals surface area contributed by atoms with Gasteiger partial charge in [-0.3, -0.25) is 5.10 Å². The first-order chi connectivity index (χ1) is 18.5. The second kappa shape index (κ2) is 8.83. The van der Waals surface area contributed by atoms with Crippen molar-refractivity contribution < 1.29 is 9.13 Å². The highest BCUT2D eigenvalue weighted by molar-refractivity contribution is 6.01. The number of fused-ring (bicyclic) bond motifs is 5. The van der Waals surface area contributed by atoms with E-state index in [-0.39, 0.29) is 11.9 Å². The zero-order valence-electron chi connectivity index (χ0n) is 21.3. The summed E-state index contributed by atoms with van der Waals surface area (Å²) in [6.07, 6.45) is 2.54. The number of nitrogens with two attached hydrogens (primary N) is 1. The number of anilines is 1. The van der Waals surface area contributed by atoms with Crippen molar-refractivity contribution in [3.63, 3.8) is 0 Å². The number of H-pyrrole nitrogens is 1. The lowest BCUT2D eigenvalue weighted by atomic mass is 9.82. The number of rotatable bonds is 2. The van der Waals surface area contributed by atoms with Gasteiger partial charge in [-0.2, -0.15) is 5.10 Å². The summed E-state index contributed by atoms with van der Waals surface area (Å²) >= 11 is 0. The summed E-state index contributed by atoms with van der Waals surface area (Å²) in [5.74, 6) is 0.533. The van der Waals surface area contributed by atoms with Crippen LogP contribution in [0.15, 0.2) is 42.5 Å². The van der Waals surface area contributed by atoms with Crippen molar-refractivity contribution in [3.8, 4) is 28.1 Å². The van der Waals surface area contributed by atoms with E-state index in [9.17, 15) is 0 Å². The van der Waals surface area contributed by atoms with Crippen molar-refractivity contribution in [2.75, 3.05) is 38.2 Å². The number of likely N-dealkylation sites (N-methyl/N-ethyl adjacent to an activating group) is 1. The molecule has 3 N–H and O–H groups in total. The van der Waals surface area contributed by atoms with Crippen LogP contribution in [0.4, 0.5) is 15.8 Å². The molecule has 3 aliphatic rings. The Bertz CT molecular complexity index is 1620. The summed E-state index contributed by atoms with van der Waals surface area (Å²) in [6.45, 7) is 11.5. The van der Waals surface area contributed by atoms with E-state index in [2.05, 4.69) is 44.0 Å². The van der Waals surface area contributed by atoms with E-state index in [1.165, 1.54) is 6.07 Å². The van der Waals surface area contributed by atoms with E-state index in [1.54, 1.807) is 12.1 Å². The number of aromatic nitrogens is 2. The molecule has 192 valence electrons. The quantitative estimate of drug-likeness (QED) is 0.353. The van der Waals surface area contributed by atoms with Crippen LogP contribution < -0.4 is 15.4 Å². The number of nitrogens with one attached hydrogen (secondary N) is 1. The van der Waals surface area contributed by atoms with Crippen molar-refractivity contribution in [2.24, 2.45) is 5.73 Å². The number of halogens is 1. The Labute approximate surface area is 220 Å². The number of ether oxygens (including phenoxy) is 1. The molecule has 0 amide bonds. The van der Waals surface area contributed by atoms with Crippen molar-refractivity contribution in [1.82, 2.24) is 15.1 Å². The fourth-order valence-electron chi connectivity index (χ4n) is 6.43. The Kier molecular flexibility index (Phi) is 5.39. The maximum atomic E-state index is 15.4. The molecule has 0 radical (unpaired) electrons. The van der Waals surface area contributed by atoms with Gasteiger partial charge in [0, 0.05) is 42.2 Å². The summed E-state index contributed by atoms with van der Waals surface area (Å²) in [5, 5.41) is 8.56. The summed E-state index contributed by atoms with van der Waals surface area (Å²) in [6, 6.07) is 13.5. The minimum atomic E-state index is -0.323. The average molecular weight is 509 g/mol. The molecule has 2 aliphatic heterocycles. The molecule has 7 rings (SSSR count). The molecule has 2 unspecified atom stereocenters. The van der Waals surface area contributed by atoms with E-state index < -0.39 is 0 Å². The number of hydrogen-bond donors (Lipinski definition) is 2. The van der Waals surface area contributed by atoms with Crippen molar-refractivity contribution in [3.05, 3.63) is 70.8 Å². The fourth-order valence-corrected chi connectivity index (χ4v) is 6.43. The molecular weight excluding hydrogens is 479 g/mol. The number of aromatic amines is 1. The zero-order chi connectivity index (χ0) is 26.0. The van der Waals surface area contributed by atoms with E-state index in [1.807, 2.05) is 12.1 Å². The highest BCUT2D eigenvalue weighted by atomic mass is 19.1. The van der Waals surface area contributed by atoms with Crippen molar-refractivity contribution in [2.45, 2.75) is 31.3 Å². The van der Waals surface area contributed by atoms with Crippen LogP contribution >= 0.6 is 0 Å². The van der Waals surface area contributed by atoms with E-state index >= 15 is 4.39 Å². The van der Waals surface area contributed by atoms with Crippen LogP contribution in [-0.2, 0) is 6.42 Å². The number of nitrogens with zero attached hydrogens (tertiary/aromatic N) is 4. The van der Waals surface area contributed by atoms with Gasteiger partial charge < -0.3 is 20.3 Å². The Hall–Kier alpha value is -3.93. The first-order valence-electron chi connectivity index (χ1n) is 13.2. The molecule has 2 atom stereocenters. The lowest BCUT2D eigenvalue weighted by Gasteiger charge is -2.44. The molecule has 0 spiro atoms. The van der Waals surface area contributed by atoms with Gasteiger partial charge in [-0.15, -0.1) is 0 Å². The third-order valence-electron chi connectivity index (χ3n) is 8.37. The second-order valence-corrected chi connectivity index (χ2v) is 10.7. The lowest BCUT2D eigenvalue weighted by Crippen LogP contribution is -2.56. The molecule has 1 aromatic heterocycles. The molecule has 0 bridgehead atoms. The SMILES string of the molecule is [C-]#[N+]c1cc2[nH]nc(-c3ccc4c(c3)OCC3CN(C)CCN43)c2cc1-c1c(F)ccc2c1CCCC2N. The molecule has 38 heavy (non-hydrogen) atoms. The van der Waals surface area contributed by atoms with E-state index in [0.717, 1.165) is 83.6 Å². The third-order valence-corrected chi connectivity index (χ3v) is 8.37. The van der Waals surface area contributed by atoms with Crippen molar-refractivity contribution in [1.29, 1.82) is 0 Å². The minimum Gasteiger partial charge on any atom is -0.489 e. The number of piperazine rings is 1. The van der Waals surface area contributed by atoms with E-state index in [0.29, 0.717) is 29.5 Å². The summed E-state index contributed by atoms with van der Waals surface area (Å²) in [4.78, 5) is 8.55. The van der Waals surface area contributed by atoms with Crippen LogP contribution in [0, 0.1) is 12.4 Å². The summed E-state index contributed by atoms with van der Waals surface area (Å²) in [7, 11) is 2.15. The Morgan fingerprint density at radius 2 is 2.08 bits per heavy atom. The van der Waals surface area contributed by atoms with Gasteiger partial charge in [0.25, 0.3) is 0 Å². The van der Waals surface area contributed by atoms with Crippen molar-refractivity contribution >= 4 is 22.3 Å². The predicted molar refractivity (Wildman–Crippen MR) is 147 cm³/mol. The molecule has 4 aromatic rings. The highest BCUT2D eigenvalue weighted by Crippen LogP contribution is 2.44. The van der Waals surface area contributed by atoms with E-state index in [4.69, 9.17) is 17.0 Å². The van der Waals surface area contributed by atoms with Gasteiger partial charge in [0.05, 0.1) is 29.5 Å². The maximum absolute atomic E-state index is 15.4. The Morgan fingerprint density at radius 1 is 1.18 bits per heavy atom. The molecule has 7 nitrogen and oxygen atoms in total. The summed E-state index contributed by atoms with van der Waals surface area (Å²) < 4.78 is 21.6. The monoisotopic (exact) mass is 508 g/mol. The first-order valence-corrected chi connectivity index (χ1v) is 13.2. The summed E-state index contributed by atoms with van der Waals surface area (Å²) in [5.41, 5.74) is 13.3. The van der Waals surface area contributed by atoms with Gasteiger partial charge in [0.15, 0.2) is 5.69 Å². The largest absolute Gasteiger partial charge is 0.489 e. The zero-order valence-corrected chi connectivity index (χ0v) is 21.3. The van der Waals surface area contributed by atoms with Gasteiger partial charge in [-0.05, 0) is 67.3 Å². The highest BCUT2D eigenvalue weighted by Gasteiger charge is 2.32. The van der Waals surface area contributed by atoms with Gasteiger partial charge in [-0.25, -0.2) is 9.24 Å². The van der Waals surface area contributed by atoms with Crippen LogP contribution in [-0.4, -0.2) is 54.4 Å². The smallest absolute Gasteiger partial charge is 0.197 e. The average Bonchev–Trinajstić information content (AvgIpc) is 3.34. The second-order valence-electron chi connectivity index (χ2n) is 10.7. The lowest BCUT2D eigenvalue weighted by molar-refractivity contribution is 0.188. The topological polar surface area (TPSA) is 74.8 Å². The van der Waals surface area contributed by atoms with Gasteiger partial charge in [0.1, 0.15) is 18.2 Å². The normalized spacial score (nSPS) is 20.8. The minimum absolute atomic E-state index is 0.113. The van der Waals surface area contributed by atoms with Crippen LogP contribution in [0.25, 0.3) is 38.1 Å². The number of hydrogen-bond acceptors (Lipinski definition) is 5. The fraction of sp³-hybridized carbons (Fsp3) is 0.333. The molecule has 3 heterocycles. The predicted octanol–water partition coefficient (Wildman–Crippen LogP) is 5.44. The third kappa shape index (κ3) is 3.57. The van der Waals surface area contributed by atoms with Crippen LogP contribution in [0.2, 0.25) is 0 Å². The Morgan fingerprint density at radius 3 is 2.95 bits per heavy atom. The van der Waals surface area contributed by atoms with Crippen LogP contribution in [0.5, 0.6) is 5.75 Å². The first kappa shape index (κ1) is 23.2. The molecule has 1 aliphatic carbocycles. The van der Waals surface area contributed by atoms with Gasteiger partial charge in [0.2, 0.25) is 0 Å². The Balaban J connectivity index is 1.35. The maximum Gasteiger partial charge on any atom is 0.197 e. The molecule has 8 heteroatoms. The molecule has 1 saturated heterocycles. The van der Waals surface area contributed by atoms with Crippen LogP contribution in [0.1, 0.15) is 30.0 Å². The molecular formula is C30H29FN6O. The van der Waals surface area contributed by atoms with Gasteiger partial charge in [-0.1, -0.05) is 18.2 Å². The molecule has 0 saturated carbocycles.